The van der Waals surface area contributed by atoms with Crippen molar-refractivity contribution in [2.24, 2.45) is 5.73 Å². The van der Waals surface area contributed by atoms with E-state index in [0.717, 1.165) is 0 Å². The first-order chi connectivity index (χ1) is 6.52. The number of halogens is 1. The number of furan rings is 1. The first kappa shape index (κ1) is 11.0. The van der Waals surface area contributed by atoms with E-state index in [2.05, 4.69) is 12.2 Å². The Hall–Kier alpha value is -1.07. The van der Waals surface area contributed by atoms with Crippen molar-refractivity contribution in [3.05, 3.63) is 23.1 Å². The summed E-state index contributed by atoms with van der Waals surface area (Å²) in [7, 11) is 1.59. The number of hydrogen-bond donors (Lipinski definition) is 1. The van der Waals surface area contributed by atoms with Gasteiger partial charge in [0.1, 0.15) is 0 Å². The van der Waals surface area contributed by atoms with Gasteiger partial charge >= 0.3 is 0 Å². The molecule has 0 aliphatic carbocycles. The maximum absolute atomic E-state index is 11.6. The summed E-state index contributed by atoms with van der Waals surface area (Å²) in [6, 6.07) is 1.50. The van der Waals surface area contributed by atoms with Crippen LogP contribution in [0.1, 0.15) is 10.4 Å². The number of nitrogens with zero attached hydrogens (tertiary/aromatic N) is 1. The highest BCUT2D eigenvalue weighted by atomic mass is 35.5. The lowest BCUT2D eigenvalue weighted by atomic mass is 10.3. The SMILES string of the molecule is CN(CC(N)=S)C(=O)c1ccoc1Cl. The van der Waals surface area contributed by atoms with E-state index in [4.69, 9.17) is 21.8 Å². The predicted octanol–water partition coefficient (Wildman–Crippen LogP) is 1.29. The van der Waals surface area contributed by atoms with Crippen LogP contribution < -0.4 is 5.73 Å². The molecule has 1 heterocycles. The Morgan fingerprint density at radius 1 is 1.79 bits per heavy atom. The van der Waals surface area contributed by atoms with Crippen molar-refractivity contribution in [2.75, 3.05) is 13.6 Å². The zero-order valence-electron chi connectivity index (χ0n) is 7.49. The molecule has 0 unspecified atom stereocenters. The molecule has 0 spiro atoms. The van der Waals surface area contributed by atoms with Gasteiger partial charge in [-0.3, -0.25) is 4.79 Å². The average molecular weight is 233 g/mol. The lowest BCUT2D eigenvalue weighted by Gasteiger charge is -2.14. The number of hydrogen-bond acceptors (Lipinski definition) is 3. The quantitative estimate of drug-likeness (QED) is 0.798. The van der Waals surface area contributed by atoms with Crippen LogP contribution in [0.5, 0.6) is 0 Å². The Morgan fingerprint density at radius 3 is 2.86 bits per heavy atom. The van der Waals surface area contributed by atoms with Crippen LogP contribution in [0.3, 0.4) is 0 Å². The third kappa shape index (κ3) is 2.46. The molecule has 0 aromatic carbocycles. The number of carbonyl (C=O) groups is 1. The van der Waals surface area contributed by atoms with Gasteiger partial charge in [0.25, 0.3) is 5.91 Å². The minimum atomic E-state index is -0.267. The topological polar surface area (TPSA) is 59.5 Å². The second kappa shape index (κ2) is 4.43. The van der Waals surface area contributed by atoms with Gasteiger partial charge in [-0.1, -0.05) is 12.2 Å². The molecule has 4 nitrogen and oxygen atoms in total. The van der Waals surface area contributed by atoms with E-state index in [9.17, 15) is 4.79 Å². The molecule has 6 heteroatoms. The molecule has 0 atom stereocenters. The summed E-state index contributed by atoms with van der Waals surface area (Å²) in [5.74, 6) is -0.267. The van der Waals surface area contributed by atoms with Crippen molar-refractivity contribution in [1.29, 1.82) is 0 Å². The molecule has 0 aliphatic heterocycles. The third-order valence-corrected chi connectivity index (χ3v) is 2.01. The maximum Gasteiger partial charge on any atom is 0.258 e. The maximum atomic E-state index is 11.6. The van der Waals surface area contributed by atoms with Gasteiger partial charge < -0.3 is 15.1 Å². The van der Waals surface area contributed by atoms with Gasteiger partial charge in [-0.15, -0.1) is 0 Å². The Bertz CT molecular complexity index is 364. The smallest absolute Gasteiger partial charge is 0.258 e. The van der Waals surface area contributed by atoms with Crippen LogP contribution in [0.25, 0.3) is 0 Å². The fraction of sp³-hybridized carbons (Fsp3) is 0.250. The molecular weight excluding hydrogens is 224 g/mol. The van der Waals surface area contributed by atoms with E-state index in [0.29, 0.717) is 5.56 Å². The minimum absolute atomic E-state index is 0.0739. The van der Waals surface area contributed by atoms with Crippen LogP contribution in [0.4, 0.5) is 0 Å². The van der Waals surface area contributed by atoms with E-state index in [-0.39, 0.29) is 22.7 Å². The second-order valence-electron chi connectivity index (χ2n) is 2.74. The average Bonchev–Trinajstić information content (AvgIpc) is 2.48. The summed E-state index contributed by atoms with van der Waals surface area (Å²) in [6.45, 7) is 0.218. The number of amides is 1. The number of nitrogens with two attached hydrogens (primary N) is 1. The zero-order valence-corrected chi connectivity index (χ0v) is 9.06. The molecule has 1 aromatic heterocycles. The largest absolute Gasteiger partial charge is 0.452 e. The van der Waals surface area contributed by atoms with Crippen LogP contribution in [0.2, 0.25) is 5.22 Å². The summed E-state index contributed by atoms with van der Waals surface area (Å²) >= 11 is 10.3. The van der Waals surface area contributed by atoms with Gasteiger partial charge in [0, 0.05) is 7.05 Å². The monoisotopic (exact) mass is 232 g/mol. The number of likely N-dealkylation sites (N-methyl/N-ethyl adjacent to an activating group) is 1. The Morgan fingerprint density at radius 2 is 2.43 bits per heavy atom. The Labute approximate surface area is 91.6 Å². The van der Waals surface area contributed by atoms with Crippen molar-refractivity contribution in [2.45, 2.75) is 0 Å². The molecule has 1 rings (SSSR count). The van der Waals surface area contributed by atoms with Gasteiger partial charge in [-0.25, -0.2) is 0 Å². The zero-order chi connectivity index (χ0) is 10.7. The molecule has 2 N–H and O–H groups in total. The van der Waals surface area contributed by atoms with Crippen molar-refractivity contribution < 1.29 is 9.21 Å². The molecule has 0 radical (unpaired) electrons. The molecule has 0 saturated heterocycles. The highest BCUT2D eigenvalue weighted by Crippen LogP contribution is 2.17. The number of thiocarbonyl (C=S) groups is 1. The van der Waals surface area contributed by atoms with Crippen molar-refractivity contribution in [3.63, 3.8) is 0 Å². The lowest BCUT2D eigenvalue weighted by Crippen LogP contribution is -2.34. The van der Waals surface area contributed by atoms with E-state index < -0.39 is 0 Å². The molecule has 1 aromatic rings. The van der Waals surface area contributed by atoms with Gasteiger partial charge in [0.2, 0.25) is 5.22 Å². The first-order valence-electron chi connectivity index (χ1n) is 3.79. The van der Waals surface area contributed by atoms with E-state index in [1.54, 1.807) is 7.05 Å². The summed E-state index contributed by atoms with van der Waals surface area (Å²) in [6.07, 6.45) is 1.35. The van der Waals surface area contributed by atoms with Gasteiger partial charge in [-0.2, -0.15) is 0 Å². The predicted molar refractivity (Wildman–Crippen MR) is 57.5 cm³/mol. The summed E-state index contributed by atoms with van der Waals surface area (Å²) in [5.41, 5.74) is 5.61. The molecule has 0 bridgehead atoms. The summed E-state index contributed by atoms with van der Waals surface area (Å²) < 4.78 is 4.79. The normalized spacial score (nSPS) is 9.86. The second-order valence-corrected chi connectivity index (χ2v) is 3.60. The standard InChI is InChI=1S/C8H9ClN2O2S/c1-11(4-6(10)14)8(12)5-2-3-13-7(5)9/h2-3H,4H2,1H3,(H2,10,14). The highest BCUT2D eigenvalue weighted by Gasteiger charge is 2.17. The van der Waals surface area contributed by atoms with E-state index in [1.807, 2.05) is 0 Å². The van der Waals surface area contributed by atoms with E-state index >= 15 is 0 Å². The molecule has 76 valence electrons. The van der Waals surface area contributed by atoms with Crippen molar-refractivity contribution in [1.82, 2.24) is 4.90 Å². The molecule has 0 fully saturated rings. The van der Waals surface area contributed by atoms with Crippen molar-refractivity contribution in [3.8, 4) is 0 Å². The molecule has 14 heavy (non-hydrogen) atoms. The fourth-order valence-electron chi connectivity index (χ4n) is 0.957. The molecule has 0 saturated carbocycles. The molecule has 1 amide bonds. The van der Waals surface area contributed by atoms with Crippen LogP contribution in [0, 0.1) is 0 Å². The number of rotatable bonds is 3. The summed E-state index contributed by atoms with van der Waals surface area (Å²) in [5, 5.41) is 0.0739. The summed E-state index contributed by atoms with van der Waals surface area (Å²) in [4.78, 5) is 13.3. The van der Waals surface area contributed by atoms with Gasteiger partial charge in [0.05, 0.1) is 23.4 Å². The van der Waals surface area contributed by atoms with E-state index in [1.165, 1.54) is 17.2 Å². The Kier molecular flexibility index (Phi) is 3.49. The molecular formula is C8H9ClN2O2S. The minimum Gasteiger partial charge on any atom is -0.452 e. The first-order valence-corrected chi connectivity index (χ1v) is 4.57. The molecule has 0 aliphatic rings. The third-order valence-electron chi connectivity index (χ3n) is 1.59. The van der Waals surface area contributed by atoms with Gasteiger partial charge in [-0.05, 0) is 17.7 Å². The van der Waals surface area contributed by atoms with Gasteiger partial charge in [0.15, 0.2) is 0 Å². The highest BCUT2D eigenvalue weighted by molar-refractivity contribution is 7.80. The van der Waals surface area contributed by atoms with Crippen LogP contribution in [-0.4, -0.2) is 29.4 Å². The van der Waals surface area contributed by atoms with Crippen molar-refractivity contribution >= 4 is 34.7 Å². The van der Waals surface area contributed by atoms with Crippen LogP contribution >= 0.6 is 23.8 Å². The number of carbonyl (C=O) groups excluding carboxylic acids is 1. The Balaban J connectivity index is 2.76. The fourth-order valence-corrected chi connectivity index (χ4v) is 1.35. The lowest BCUT2D eigenvalue weighted by molar-refractivity contribution is 0.0814. The van der Waals surface area contributed by atoms with Crippen LogP contribution in [-0.2, 0) is 0 Å². The van der Waals surface area contributed by atoms with Crippen LogP contribution in [0.15, 0.2) is 16.7 Å².